The molecule has 35 heteroatoms. The van der Waals surface area contributed by atoms with E-state index in [-0.39, 0.29) is 223 Å². The molecule has 0 aromatic carbocycles. The number of nitrogens with one attached hydrogen (secondary N) is 5. The van der Waals surface area contributed by atoms with Crippen molar-refractivity contribution in [2.75, 3.05) is 0 Å². The smallest absolute Gasteiger partial charge is 0.133 e. The Hall–Kier alpha value is -1.57. The molecule has 23 nitrogen and oxygen atoms in total. The van der Waals surface area contributed by atoms with Gasteiger partial charge in [0.2, 0.25) is 0 Å². The topological polar surface area (TPSA) is 312 Å². The van der Waals surface area contributed by atoms with Crippen LogP contribution < -0.4 is 0 Å². The largest absolute Gasteiger partial charge is 0.613 e. The maximum atomic E-state index is 4.58. The fourth-order valence-electron chi connectivity index (χ4n) is 2.61. The third-order valence-corrected chi connectivity index (χ3v) is 6.49. The average Bonchev–Trinajstić information content (AvgIpc) is 4.06. The van der Waals surface area contributed by atoms with Crippen molar-refractivity contribution in [3.8, 4) is 0 Å². The van der Waals surface area contributed by atoms with Gasteiger partial charge in [-0.25, -0.2) is 24.5 Å². The Kier molecular flexibility index (Phi) is 119. The summed E-state index contributed by atoms with van der Waals surface area (Å²) in [6.07, 6.45) is 21.3. The molecule has 5 N–H and O–H groups in total. The minimum Gasteiger partial charge on any atom is -0.613 e. The van der Waals surface area contributed by atoms with Crippen LogP contribution in [0.25, 0.3) is 0 Å². The van der Waals surface area contributed by atoms with Crippen LogP contribution in [0.4, 0.5) is 0 Å². The minimum atomic E-state index is 0. The van der Waals surface area contributed by atoms with E-state index in [0.29, 0.717) is 11.8 Å². The molecule has 10 aromatic rings. The van der Waals surface area contributed by atoms with Gasteiger partial charge in [0.15, 0.2) is 0 Å². The van der Waals surface area contributed by atoms with Gasteiger partial charge in [0.1, 0.15) is 11.6 Å². The van der Waals surface area contributed by atoms with Crippen molar-refractivity contribution in [3.63, 3.8) is 0 Å². The van der Waals surface area contributed by atoms with Crippen LogP contribution in [-0.4, -0.2) is 101 Å². The van der Waals surface area contributed by atoms with E-state index in [2.05, 4.69) is 145 Å². The summed E-state index contributed by atoms with van der Waals surface area (Å²) in [7, 11) is 0. The van der Waals surface area contributed by atoms with E-state index in [1.165, 1.54) is 27.7 Å². The molecule has 0 spiro atoms. The molecule has 10 aromatic heterocycles. The number of rotatable bonds is 0. The molecule has 0 saturated carbocycles. The van der Waals surface area contributed by atoms with Crippen molar-refractivity contribution in [1.82, 2.24) is 101 Å². The molecule has 0 aliphatic carbocycles. The summed E-state index contributed by atoms with van der Waals surface area (Å²) < 4.78 is 17.3. The molecule has 0 fully saturated rings. The predicted molar refractivity (Wildman–Crippen MR) is 249 cm³/mol. The van der Waals surface area contributed by atoms with E-state index in [1.54, 1.807) is 63.4 Å². The number of aryl methyl sites for hydroxylation is 10. The molecule has 75 heavy (non-hydrogen) atoms. The quantitative estimate of drug-likeness (QED) is 0.0910. The van der Waals surface area contributed by atoms with Gasteiger partial charge < -0.3 is 97.1 Å². The number of hydrogen-bond acceptors (Lipinski definition) is 20. The van der Waals surface area contributed by atoms with Crippen LogP contribution >= 0.6 is 22.9 Å². The molecule has 0 unspecified atom stereocenters. The van der Waals surface area contributed by atoms with E-state index in [0.717, 1.165) is 39.6 Å². The zero-order valence-corrected chi connectivity index (χ0v) is 59.6. The van der Waals surface area contributed by atoms with Crippen molar-refractivity contribution >= 4 is 22.9 Å². The molecule has 0 atom stereocenters. The Morgan fingerprint density at radius 1 is 0.547 bits per heavy atom. The number of aromatic amines is 5. The number of hydrogen-bond donors (Lipinski definition) is 5. The van der Waals surface area contributed by atoms with Crippen LogP contribution in [0.3, 0.4) is 0 Å². The number of nitrogens with zero attached hydrogens (tertiary/aromatic N) is 15. The van der Waals surface area contributed by atoms with Crippen LogP contribution in [-0.2, 0) is 186 Å². The summed E-state index contributed by atoms with van der Waals surface area (Å²) in [5.41, 5.74) is 4.82. The summed E-state index contributed by atoms with van der Waals surface area (Å²) in [5.74, 6) is 4.53. The normalized spacial score (nSPS) is 7.07. The first-order valence-electron chi connectivity index (χ1n) is 17.0. The van der Waals surface area contributed by atoms with Crippen LogP contribution in [0.15, 0.2) is 75.2 Å². The van der Waals surface area contributed by atoms with Crippen LogP contribution in [0.1, 0.15) is 56.3 Å². The maximum absolute atomic E-state index is 4.58. The van der Waals surface area contributed by atoms with Gasteiger partial charge in [-0.05, 0) is 93.9 Å². The second-order valence-electron chi connectivity index (χ2n) is 10.7. The summed E-state index contributed by atoms with van der Waals surface area (Å²) in [6, 6.07) is 5.71. The van der Waals surface area contributed by atoms with Crippen LogP contribution in [0.2, 0.25) is 0 Å². The summed E-state index contributed by atoms with van der Waals surface area (Å²) in [4.78, 5) is 25.4. The first kappa shape index (κ1) is 113. The van der Waals surface area contributed by atoms with Crippen molar-refractivity contribution in [1.29, 1.82) is 0 Å². The fourth-order valence-corrected chi connectivity index (χ4v) is 3.31. The zero-order valence-electron chi connectivity index (χ0n) is 44.0. The Labute approximate surface area is 570 Å². The second kappa shape index (κ2) is 78.9. The van der Waals surface area contributed by atoms with Gasteiger partial charge in [0.25, 0.3) is 0 Å². The molecule has 10 rings (SSSR count). The molecular formula is C40H60N20O3S2V10-10. The molecule has 410 valence electrons. The van der Waals surface area contributed by atoms with Crippen molar-refractivity contribution in [2.24, 2.45) is 0 Å². The Morgan fingerprint density at radius 3 is 1.27 bits per heavy atom. The van der Waals surface area contributed by atoms with Crippen molar-refractivity contribution in [3.05, 3.63) is 186 Å². The molecule has 10 radical (unpaired) electrons. The van der Waals surface area contributed by atoms with Gasteiger partial charge in [-0.2, -0.15) is 10.3 Å². The maximum Gasteiger partial charge on any atom is 0.133 e. The Morgan fingerprint density at radius 2 is 1.15 bits per heavy atom. The third-order valence-electron chi connectivity index (χ3n) is 5.29. The fraction of sp³-hybridized carbons (Fsp3) is 0.250. The molecule has 0 amide bonds. The molecular weight excluding hydrogens is 1380 g/mol. The average molecular weight is 1440 g/mol. The van der Waals surface area contributed by atoms with E-state index in [9.17, 15) is 0 Å². The van der Waals surface area contributed by atoms with Crippen molar-refractivity contribution in [2.45, 2.75) is 69.2 Å². The molecule has 0 saturated heterocycles. The zero-order chi connectivity index (χ0) is 44.1. The Balaban J connectivity index is -0.0000000401. The van der Waals surface area contributed by atoms with Gasteiger partial charge in [0.05, 0.1) is 30.7 Å². The van der Waals surface area contributed by atoms with Crippen LogP contribution in [0, 0.1) is 137 Å². The minimum absolute atomic E-state index is 0. The van der Waals surface area contributed by atoms with Gasteiger partial charge in [0, 0.05) is 239 Å². The Bertz CT molecular complexity index is 1700. The first-order valence-corrected chi connectivity index (χ1v) is 18.6. The number of H-pyrrole nitrogens is 5. The van der Waals surface area contributed by atoms with E-state index >= 15 is 0 Å². The SMILES string of the molecule is Cc1ccn[nH]1.Cc1ccno1.Cc1ccns1.Cc1cnc[nH]1.Cc1n[c-]n[nH]1.Cc1n[c-]n[nH]1.Cc1n[c-]no1.Cc1ncc[nH]1.Cc1nn[c-]o1.Cc1nn[c-]s1.[CH3-].[CH3-].[CH3-].[CH3-].[CH3-].[V].[V].[V].[V].[V].[V].[V].[V].[V].[V]. The first-order chi connectivity index (χ1) is 28.9. The molecule has 0 aliphatic heterocycles. The standard InChI is InChI=1S/3C4H6N2.C4H5NO.C4H5NS.2C3H4N3.2C3H3N2O.C3H3N2S.5CH3.10V/c1-4-2-5-3-6-4;1-4-5-2-3-6-4;3*1-4-2-3-5-6-4;2*1-3-4-2-5-6-3;1-3-5-4-2-6-3;1-3-4-2-5-6-3;1-3-5-4-2-6-3;;;;;;;;;;;;;;;/h3*2-3H,1H3,(H,5,6);2*2-3H,1H3;2*1H3,(H,4,5,6);3*1H3;5*1H3;;;;;;;;;;/q;;;;;10*-1;;;;;;;;;;. The van der Waals surface area contributed by atoms with Crippen molar-refractivity contribution < 1.29 is 199 Å². The summed E-state index contributed by atoms with van der Waals surface area (Å²) in [5, 5.41) is 40.0. The van der Waals surface area contributed by atoms with Gasteiger partial charge in [-0.1, -0.05) is 45.3 Å². The number of aromatic nitrogens is 20. The third kappa shape index (κ3) is 76.7. The summed E-state index contributed by atoms with van der Waals surface area (Å²) in [6.45, 7) is 18.7. The van der Waals surface area contributed by atoms with Gasteiger partial charge >= 0.3 is 0 Å². The second-order valence-corrected chi connectivity index (χ2v) is 12.7. The predicted octanol–water partition coefficient (Wildman–Crippen LogP) is 7.65. The molecule has 10 heterocycles. The molecule has 0 aliphatic rings. The monoisotopic (exact) mass is 1440 g/mol. The molecule has 0 bridgehead atoms. The van der Waals surface area contributed by atoms with E-state index < -0.39 is 0 Å². The number of imidazole rings is 2. The summed E-state index contributed by atoms with van der Waals surface area (Å²) >= 11 is 2.96. The van der Waals surface area contributed by atoms with Gasteiger partial charge in [-0.15, -0.1) is 0 Å². The van der Waals surface area contributed by atoms with Gasteiger partial charge in [-0.3, -0.25) is 25.5 Å². The van der Waals surface area contributed by atoms with E-state index in [4.69, 9.17) is 0 Å². The van der Waals surface area contributed by atoms with E-state index in [1.807, 2.05) is 67.5 Å². The van der Waals surface area contributed by atoms with Crippen LogP contribution in [0.5, 0.6) is 0 Å².